The highest BCUT2D eigenvalue weighted by atomic mass is 16.6. The fourth-order valence-electron chi connectivity index (χ4n) is 4.72. The van der Waals surface area contributed by atoms with Crippen LogP contribution in [0.4, 0.5) is 0 Å². The van der Waals surface area contributed by atoms with Gasteiger partial charge in [-0.05, 0) is 49.2 Å². The molecule has 1 N–H and O–H groups in total. The molecule has 0 saturated carbocycles. The van der Waals surface area contributed by atoms with Crippen molar-refractivity contribution in [1.82, 2.24) is 10.2 Å². The Morgan fingerprint density at radius 1 is 1.04 bits per heavy atom. The van der Waals surface area contributed by atoms with E-state index in [1.54, 1.807) is 0 Å². The highest BCUT2D eigenvalue weighted by molar-refractivity contribution is 5.82. The van der Waals surface area contributed by atoms with Gasteiger partial charge in [0.15, 0.2) is 11.5 Å². The van der Waals surface area contributed by atoms with Gasteiger partial charge in [-0.1, -0.05) is 36.4 Å². The third-order valence-corrected chi connectivity index (χ3v) is 6.10. The molecule has 27 heavy (non-hydrogen) atoms. The van der Waals surface area contributed by atoms with E-state index in [0.717, 1.165) is 32.5 Å². The molecule has 1 amide bonds. The van der Waals surface area contributed by atoms with Gasteiger partial charge in [0.25, 0.3) is 5.91 Å². The highest BCUT2D eigenvalue weighted by Gasteiger charge is 2.43. The molecule has 3 aliphatic heterocycles. The predicted molar refractivity (Wildman–Crippen MR) is 102 cm³/mol. The van der Waals surface area contributed by atoms with Gasteiger partial charge in [0.05, 0.1) is 0 Å². The predicted octanol–water partition coefficient (Wildman–Crippen LogP) is 2.49. The van der Waals surface area contributed by atoms with E-state index in [0.29, 0.717) is 18.0 Å². The van der Waals surface area contributed by atoms with E-state index in [4.69, 9.17) is 9.47 Å². The molecule has 1 atom stereocenters. The Kier molecular flexibility index (Phi) is 4.05. The quantitative estimate of drug-likeness (QED) is 0.845. The number of ether oxygens (including phenoxy) is 2. The number of amides is 1. The van der Waals surface area contributed by atoms with Crippen molar-refractivity contribution < 1.29 is 14.3 Å². The van der Waals surface area contributed by atoms with Crippen LogP contribution >= 0.6 is 0 Å². The van der Waals surface area contributed by atoms with Crippen molar-refractivity contribution in [2.24, 2.45) is 0 Å². The van der Waals surface area contributed by atoms with E-state index in [2.05, 4.69) is 29.6 Å². The van der Waals surface area contributed by atoms with E-state index in [9.17, 15) is 4.79 Å². The lowest BCUT2D eigenvalue weighted by molar-refractivity contribution is -0.143. The Labute approximate surface area is 159 Å². The van der Waals surface area contributed by atoms with Gasteiger partial charge in [-0.25, -0.2) is 0 Å². The molecule has 1 saturated heterocycles. The van der Waals surface area contributed by atoms with Crippen LogP contribution in [-0.4, -0.2) is 43.2 Å². The zero-order valence-corrected chi connectivity index (χ0v) is 15.3. The maximum Gasteiger partial charge on any atom is 0.267 e. The summed E-state index contributed by atoms with van der Waals surface area (Å²) in [6, 6.07) is 16.1. The van der Waals surface area contributed by atoms with Crippen molar-refractivity contribution in [3.63, 3.8) is 0 Å². The minimum absolute atomic E-state index is 0.0249. The Balaban J connectivity index is 1.42. The number of carbonyl (C=O) groups excluding carboxylic acids is 1. The van der Waals surface area contributed by atoms with Gasteiger partial charge in [0, 0.05) is 18.5 Å². The van der Waals surface area contributed by atoms with Crippen molar-refractivity contribution in [3.8, 4) is 11.5 Å². The number of piperidine rings is 1. The summed E-state index contributed by atoms with van der Waals surface area (Å²) >= 11 is 0. The monoisotopic (exact) mass is 364 g/mol. The molecule has 0 bridgehead atoms. The van der Waals surface area contributed by atoms with Crippen molar-refractivity contribution >= 4 is 5.91 Å². The summed E-state index contributed by atoms with van der Waals surface area (Å²) in [5.74, 6) is 1.38. The Hall–Kier alpha value is -2.53. The summed E-state index contributed by atoms with van der Waals surface area (Å²) < 4.78 is 11.8. The molecule has 0 aromatic heterocycles. The summed E-state index contributed by atoms with van der Waals surface area (Å²) in [4.78, 5) is 15.3. The van der Waals surface area contributed by atoms with E-state index in [1.165, 1.54) is 11.1 Å². The number of hydrogen-bond donors (Lipinski definition) is 1. The lowest BCUT2D eigenvalue weighted by atomic mass is 9.69. The number of nitrogens with one attached hydrogen (secondary N) is 1. The summed E-state index contributed by atoms with van der Waals surface area (Å²) in [5, 5.41) is 3.46. The average molecular weight is 364 g/mol. The first kappa shape index (κ1) is 16.6. The minimum Gasteiger partial charge on any atom is -0.485 e. The van der Waals surface area contributed by atoms with E-state index >= 15 is 0 Å². The van der Waals surface area contributed by atoms with Crippen LogP contribution in [0.1, 0.15) is 24.0 Å². The third kappa shape index (κ3) is 2.86. The molecule has 2 aromatic rings. The maximum atomic E-state index is 13.3. The van der Waals surface area contributed by atoms with Crippen LogP contribution in [0.2, 0.25) is 0 Å². The zero-order chi connectivity index (χ0) is 18.3. The molecule has 0 radical (unpaired) electrons. The smallest absolute Gasteiger partial charge is 0.267 e. The standard InChI is InChI=1S/C22H24N2O3/c25-21(20-14-26-18-7-3-4-8-19(18)27-20)24-13-16-5-1-2-6-17(16)22(15-24)9-11-23-12-10-22/h1-8,20,23H,9-15H2. The molecule has 1 fully saturated rings. The Morgan fingerprint density at radius 3 is 2.63 bits per heavy atom. The number of hydrogen-bond acceptors (Lipinski definition) is 4. The van der Waals surface area contributed by atoms with E-state index < -0.39 is 6.10 Å². The average Bonchev–Trinajstić information content (AvgIpc) is 2.73. The van der Waals surface area contributed by atoms with Crippen molar-refractivity contribution in [1.29, 1.82) is 0 Å². The third-order valence-electron chi connectivity index (χ3n) is 6.10. The number of fused-ring (bicyclic) bond motifs is 3. The van der Waals surface area contributed by atoms with Crippen LogP contribution in [0.3, 0.4) is 0 Å². The molecule has 0 aliphatic carbocycles. The van der Waals surface area contributed by atoms with Crippen LogP contribution in [0.15, 0.2) is 48.5 Å². The summed E-state index contributed by atoms with van der Waals surface area (Å²) in [7, 11) is 0. The van der Waals surface area contributed by atoms with Gasteiger partial charge in [0.1, 0.15) is 6.61 Å². The Morgan fingerprint density at radius 2 is 1.78 bits per heavy atom. The molecule has 5 heteroatoms. The topological polar surface area (TPSA) is 50.8 Å². The number of carbonyl (C=O) groups is 1. The first-order valence-electron chi connectivity index (χ1n) is 9.72. The summed E-state index contributed by atoms with van der Waals surface area (Å²) in [6.45, 7) is 3.65. The van der Waals surface area contributed by atoms with Crippen molar-refractivity contribution in [2.45, 2.75) is 30.9 Å². The highest BCUT2D eigenvalue weighted by Crippen LogP contribution is 2.41. The number of rotatable bonds is 1. The summed E-state index contributed by atoms with van der Waals surface area (Å²) in [6.07, 6.45) is 1.53. The van der Waals surface area contributed by atoms with Gasteiger partial charge < -0.3 is 19.7 Å². The first-order chi connectivity index (χ1) is 13.3. The lowest BCUT2D eigenvalue weighted by Crippen LogP contribution is -2.55. The number of para-hydroxylation sites is 2. The van der Waals surface area contributed by atoms with Crippen LogP contribution in [0, 0.1) is 0 Å². The molecule has 3 heterocycles. The molecular weight excluding hydrogens is 340 g/mol. The normalized spacial score (nSPS) is 23.0. The fourth-order valence-corrected chi connectivity index (χ4v) is 4.72. The maximum absolute atomic E-state index is 13.3. The fraction of sp³-hybridized carbons (Fsp3) is 0.409. The van der Waals surface area contributed by atoms with Crippen molar-refractivity contribution in [3.05, 3.63) is 59.7 Å². The molecule has 1 spiro atoms. The lowest BCUT2D eigenvalue weighted by Gasteiger charge is -2.47. The minimum atomic E-state index is -0.580. The van der Waals surface area contributed by atoms with Gasteiger partial charge in [-0.3, -0.25) is 4.79 Å². The zero-order valence-electron chi connectivity index (χ0n) is 15.3. The van der Waals surface area contributed by atoms with Crippen molar-refractivity contribution in [2.75, 3.05) is 26.2 Å². The van der Waals surface area contributed by atoms with Gasteiger partial charge in [-0.2, -0.15) is 0 Å². The molecular formula is C22H24N2O3. The van der Waals surface area contributed by atoms with Crippen LogP contribution in [-0.2, 0) is 16.8 Å². The van der Waals surface area contributed by atoms with Crippen LogP contribution < -0.4 is 14.8 Å². The molecule has 1 unspecified atom stereocenters. The Bertz CT molecular complexity index is 860. The number of nitrogens with zero attached hydrogens (tertiary/aromatic N) is 1. The second-order valence-electron chi connectivity index (χ2n) is 7.75. The second kappa shape index (κ2) is 6.57. The molecule has 2 aromatic carbocycles. The molecule has 3 aliphatic rings. The van der Waals surface area contributed by atoms with Gasteiger partial charge in [-0.15, -0.1) is 0 Å². The van der Waals surface area contributed by atoms with E-state index in [1.807, 2.05) is 29.2 Å². The van der Waals surface area contributed by atoms with Gasteiger partial charge in [0.2, 0.25) is 6.10 Å². The summed E-state index contributed by atoms with van der Waals surface area (Å²) in [5.41, 5.74) is 2.72. The molecule has 5 nitrogen and oxygen atoms in total. The SMILES string of the molecule is O=C(C1COc2ccccc2O1)N1Cc2ccccc2C2(CCNCC2)C1. The van der Waals surface area contributed by atoms with Crippen LogP contribution in [0.25, 0.3) is 0 Å². The molecule has 5 rings (SSSR count). The molecule has 140 valence electrons. The van der Waals surface area contributed by atoms with Gasteiger partial charge >= 0.3 is 0 Å². The van der Waals surface area contributed by atoms with Crippen LogP contribution in [0.5, 0.6) is 11.5 Å². The second-order valence-corrected chi connectivity index (χ2v) is 7.75. The first-order valence-corrected chi connectivity index (χ1v) is 9.72. The number of benzene rings is 2. The van der Waals surface area contributed by atoms with E-state index in [-0.39, 0.29) is 17.9 Å². The largest absolute Gasteiger partial charge is 0.485 e.